The van der Waals surface area contributed by atoms with Gasteiger partial charge in [-0.1, -0.05) is 12.2 Å². The summed E-state index contributed by atoms with van der Waals surface area (Å²) in [5.41, 5.74) is 3.13. The molecule has 0 N–H and O–H groups in total. The quantitative estimate of drug-likeness (QED) is 0.463. The molecule has 0 aromatic heterocycles. The van der Waals surface area contributed by atoms with Gasteiger partial charge in [-0.15, -0.1) is 0 Å². The molecule has 2 atom stereocenters. The van der Waals surface area contributed by atoms with Crippen molar-refractivity contribution < 1.29 is 23.7 Å². The van der Waals surface area contributed by atoms with Crippen molar-refractivity contribution in [2.45, 2.75) is 65.0 Å². The molecule has 0 bridgehead atoms. The van der Waals surface area contributed by atoms with E-state index in [1.54, 1.807) is 14.2 Å². The summed E-state index contributed by atoms with van der Waals surface area (Å²) in [6, 6.07) is 8.06. The number of hydrogen-bond acceptors (Lipinski definition) is 5. The molecule has 2 heterocycles. The Kier molecular flexibility index (Phi) is 6.06. The molecular formula is C28H34O5. The van der Waals surface area contributed by atoms with Crippen molar-refractivity contribution >= 4 is 12.2 Å². The van der Waals surface area contributed by atoms with Gasteiger partial charge in [0.15, 0.2) is 0 Å². The lowest BCUT2D eigenvalue weighted by molar-refractivity contribution is 0.114. The molecule has 0 saturated heterocycles. The molecule has 0 amide bonds. The molecule has 0 saturated carbocycles. The van der Waals surface area contributed by atoms with Crippen LogP contribution in [0.5, 0.6) is 23.0 Å². The van der Waals surface area contributed by atoms with Gasteiger partial charge in [-0.3, -0.25) is 0 Å². The largest absolute Gasteiger partial charge is 0.483 e. The minimum absolute atomic E-state index is 0.160. The second kappa shape index (κ2) is 8.54. The fourth-order valence-electron chi connectivity index (χ4n) is 4.03. The Hall–Kier alpha value is -2.76. The first-order valence-corrected chi connectivity index (χ1v) is 11.4. The molecule has 176 valence electrons. The molecular weight excluding hydrogens is 416 g/mol. The summed E-state index contributed by atoms with van der Waals surface area (Å²) in [6.07, 6.45) is 7.99. The molecule has 5 heteroatoms. The summed E-state index contributed by atoms with van der Waals surface area (Å²) in [4.78, 5) is 0. The Labute approximate surface area is 197 Å². The van der Waals surface area contributed by atoms with Crippen molar-refractivity contribution in [1.29, 1.82) is 0 Å². The fourth-order valence-corrected chi connectivity index (χ4v) is 4.03. The first kappa shape index (κ1) is 23.4. The van der Waals surface area contributed by atoms with Crippen LogP contribution in [0, 0.1) is 0 Å². The molecule has 2 aliphatic rings. The second-order valence-corrected chi connectivity index (χ2v) is 9.79. The van der Waals surface area contributed by atoms with Crippen molar-refractivity contribution in [3.8, 4) is 23.0 Å². The zero-order valence-electron chi connectivity index (χ0n) is 20.8. The first-order chi connectivity index (χ1) is 15.5. The third kappa shape index (κ3) is 4.80. The highest BCUT2D eigenvalue weighted by Crippen LogP contribution is 2.44. The van der Waals surface area contributed by atoms with E-state index < -0.39 is 0 Å². The second-order valence-electron chi connectivity index (χ2n) is 9.79. The summed E-state index contributed by atoms with van der Waals surface area (Å²) in [5.74, 6) is 2.93. The highest BCUT2D eigenvalue weighted by molar-refractivity contribution is 5.67. The van der Waals surface area contributed by atoms with Crippen molar-refractivity contribution in [2.75, 3.05) is 14.2 Å². The summed E-state index contributed by atoms with van der Waals surface area (Å²) in [5, 5.41) is 0. The molecule has 0 spiro atoms. The van der Waals surface area contributed by atoms with E-state index in [1.165, 1.54) is 0 Å². The maximum Gasteiger partial charge on any atom is 0.136 e. The van der Waals surface area contributed by atoms with Gasteiger partial charge in [0.05, 0.1) is 12.2 Å². The van der Waals surface area contributed by atoms with Crippen molar-refractivity contribution in [1.82, 2.24) is 0 Å². The Balaban J connectivity index is 1.83. The van der Waals surface area contributed by atoms with Crippen LogP contribution in [-0.4, -0.2) is 25.4 Å². The van der Waals surface area contributed by atoms with Gasteiger partial charge < -0.3 is 23.7 Å². The van der Waals surface area contributed by atoms with Crippen molar-refractivity contribution in [3.63, 3.8) is 0 Å². The lowest BCUT2D eigenvalue weighted by Crippen LogP contribution is -2.27. The van der Waals surface area contributed by atoms with Gasteiger partial charge in [-0.2, -0.15) is 0 Å². The van der Waals surface area contributed by atoms with E-state index in [4.69, 9.17) is 23.7 Å². The van der Waals surface area contributed by atoms with Gasteiger partial charge in [0.25, 0.3) is 0 Å². The van der Waals surface area contributed by atoms with E-state index in [0.717, 1.165) is 33.8 Å². The first-order valence-electron chi connectivity index (χ1n) is 11.4. The average molecular weight is 451 g/mol. The van der Waals surface area contributed by atoms with Crippen molar-refractivity contribution in [2.24, 2.45) is 0 Å². The van der Waals surface area contributed by atoms with E-state index in [0.29, 0.717) is 11.5 Å². The molecule has 33 heavy (non-hydrogen) atoms. The molecule has 2 aromatic rings. The number of hydrogen-bond donors (Lipinski definition) is 0. The van der Waals surface area contributed by atoms with Crippen LogP contribution in [-0.2, 0) is 9.47 Å². The standard InChI is InChI=1S/C28H34O5/c1-17(29-7)21-13-19-9-11-27(3,4)32-23(19)15-25(21)31-26-16-24-20(10-12-28(5,6)33-24)14-22(26)18(2)30-8/h9-18H,1-8H3. The zero-order chi connectivity index (χ0) is 24.0. The third-order valence-corrected chi connectivity index (χ3v) is 6.16. The van der Waals surface area contributed by atoms with E-state index >= 15 is 0 Å². The lowest BCUT2D eigenvalue weighted by Gasteiger charge is -2.30. The summed E-state index contributed by atoms with van der Waals surface area (Å²) >= 11 is 0. The van der Waals surface area contributed by atoms with Crippen LogP contribution in [0.25, 0.3) is 12.2 Å². The highest BCUT2D eigenvalue weighted by Gasteiger charge is 2.27. The number of methoxy groups -OCH3 is 2. The number of fused-ring (bicyclic) bond motifs is 2. The number of rotatable bonds is 6. The van der Waals surface area contributed by atoms with Crippen LogP contribution in [0.4, 0.5) is 0 Å². The topological polar surface area (TPSA) is 46.2 Å². The van der Waals surface area contributed by atoms with Crippen molar-refractivity contribution in [3.05, 3.63) is 58.7 Å². The Morgan fingerprint density at radius 2 is 1.06 bits per heavy atom. The van der Waals surface area contributed by atoms with Crippen LogP contribution in [0.2, 0.25) is 0 Å². The third-order valence-electron chi connectivity index (χ3n) is 6.16. The van der Waals surface area contributed by atoms with Crippen LogP contribution in [0.3, 0.4) is 0 Å². The van der Waals surface area contributed by atoms with Gasteiger partial charge in [-0.05, 0) is 65.8 Å². The highest BCUT2D eigenvalue weighted by atomic mass is 16.5. The van der Waals surface area contributed by atoms with Crippen LogP contribution in [0.15, 0.2) is 36.4 Å². The predicted molar refractivity (Wildman–Crippen MR) is 131 cm³/mol. The van der Waals surface area contributed by atoms with Crippen LogP contribution in [0.1, 0.15) is 76.0 Å². The van der Waals surface area contributed by atoms with E-state index in [-0.39, 0.29) is 23.4 Å². The van der Waals surface area contributed by atoms with E-state index in [2.05, 4.69) is 36.4 Å². The van der Waals surface area contributed by atoms with Gasteiger partial charge in [0.1, 0.15) is 34.2 Å². The van der Waals surface area contributed by atoms with Gasteiger partial charge in [0, 0.05) is 48.6 Å². The number of benzene rings is 2. The Morgan fingerprint density at radius 3 is 1.42 bits per heavy atom. The van der Waals surface area contributed by atoms with E-state index in [1.807, 2.05) is 53.7 Å². The normalized spacial score (nSPS) is 19.0. The molecule has 0 aliphatic carbocycles. The summed E-state index contributed by atoms with van der Waals surface area (Å²) < 4.78 is 30.3. The smallest absolute Gasteiger partial charge is 0.136 e. The SMILES string of the molecule is COC(C)c1cc2c(cc1Oc1cc3c(cc1C(C)OC)C=CC(C)(C)O3)OC(C)(C)C=C2. The molecule has 4 rings (SSSR count). The summed E-state index contributed by atoms with van der Waals surface area (Å²) in [7, 11) is 3.39. The minimum Gasteiger partial charge on any atom is -0.483 e. The van der Waals surface area contributed by atoms with Gasteiger partial charge >= 0.3 is 0 Å². The lowest BCUT2D eigenvalue weighted by atomic mass is 9.97. The van der Waals surface area contributed by atoms with E-state index in [9.17, 15) is 0 Å². The van der Waals surface area contributed by atoms with Crippen LogP contribution < -0.4 is 14.2 Å². The van der Waals surface area contributed by atoms with Gasteiger partial charge in [-0.25, -0.2) is 0 Å². The molecule has 0 radical (unpaired) electrons. The maximum atomic E-state index is 6.59. The molecule has 5 nitrogen and oxygen atoms in total. The summed E-state index contributed by atoms with van der Waals surface area (Å²) in [6.45, 7) is 12.2. The molecule has 2 aliphatic heterocycles. The van der Waals surface area contributed by atoms with Gasteiger partial charge in [0.2, 0.25) is 0 Å². The average Bonchev–Trinajstić information content (AvgIpc) is 2.76. The Bertz CT molecular complexity index is 1020. The van der Waals surface area contributed by atoms with Crippen LogP contribution >= 0.6 is 0 Å². The predicted octanol–water partition coefficient (Wildman–Crippen LogP) is 7.26. The Morgan fingerprint density at radius 1 is 0.667 bits per heavy atom. The maximum absolute atomic E-state index is 6.59. The molecule has 2 aromatic carbocycles. The monoisotopic (exact) mass is 450 g/mol. The fraction of sp³-hybridized carbons (Fsp3) is 0.429. The number of ether oxygens (including phenoxy) is 5. The molecule has 2 unspecified atom stereocenters. The minimum atomic E-state index is -0.383. The molecule has 0 fully saturated rings. The zero-order valence-corrected chi connectivity index (χ0v) is 20.8.